The van der Waals surface area contributed by atoms with Crippen LogP contribution in [0.2, 0.25) is 0 Å². The summed E-state index contributed by atoms with van der Waals surface area (Å²) in [7, 11) is -3.73. The molecule has 0 radical (unpaired) electrons. The molecule has 1 aliphatic rings. The van der Waals surface area contributed by atoms with Crippen LogP contribution in [0.5, 0.6) is 0 Å². The number of carbonyl (C=O) groups excluding carboxylic acids is 1. The maximum absolute atomic E-state index is 13.0. The Bertz CT molecular complexity index is 1020. The van der Waals surface area contributed by atoms with Crippen molar-refractivity contribution in [3.05, 3.63) is 65.2 Å². The van der Waals surface area contributed by atoms with Crippen molar-refractivity contribution in [2.24, 2.45) is 0 Å². The van der Waals surface area contributed by atoms with Crippen molar-refractivity contribution in [1.82, 2.24) is 9.21 Å². The Morgan fingerprint density at radius 3 is 2.22 bits per heavy atom. The molecule has 0 aliphatic carbocycles. The summed E-state index contributed by atoms with van der Waals surface area (Å²) in [6.45, 7) is 4.07. The van der Waals surface area contributed by atoms with Gasteiger partial charge in [-0.3, -0.25) is 4.90 Å². The van der Waals surface area contributed by atoms with Crippen molar-refractivity contribution in [2.75, 3.05) is 32.8 Å². The van der Waals surface area contributed by atoms with E-state index in [2.05, 4.69) is 0 Å². The van der Waals surface area contributed by atoms with Gasteiger partial charge in [0.2, 0.25) is 10.0 Å². The van der Waals surface area contributed by atoms with E-state index < -0.39 is 27.7 Å². The summed E-state index contributed by atoms with van der Waals surface area (Å²) in [4.78, 5) is 13.9. The summed E-state index contributed by atoms with van der Waals surface area (Å²) in [6.07, 6.45) is -3.77. The average Bonchev–Trinajstić information content (AvgIpc) is 3.00. The number of hydrogen-bond donors (Lipinski definition) is 0. The lowest BCUT2D eigenvalue weighted by molar-refractivity contribution is -0.137. The van der Waals surface area contributed by atoms with E-state index >= 15 is 0 Å². The first-order chi connectivity index (χ1) is 15.1. The largest absolute Gasteiger partial charge is 0.462 e. The minimum atomic E-state index is -4.37. The highest BCUT2D eigenvalue weighted by Gasteiger charge is 2.30. The molecule has 10 heteroatoms. The quantitative estimate of drug-likeness (QED) is 0.602. The predicted octanol–water partition coefficient (Wildman–Crippen LogP) is 3.78. The SMILES string of the molecule is CCOC(=O)c1ccc(S(=O)(=O)N2CCCN(Cc3ccc(C(F)(F)F)cc3)CC2)cc1. The molecular weight excluding hydrogens is 445 g/mol. The summed E-state index contributed by atoms with van der Waals surface area (Å²) >= 11 is 0. The van der Waals surface area contributed by atoms with Gasteiger partial charge >= 0.3 is 12.1 Å². The molecule has 0 spiro atoms. The first-order valence-corrected chi connectivity index (χ1v) is 11.7. The highest BCUT2D eigenvalue weighted by atomic mass is 32.2. The molecule has 0 N–H and O–H groups in total. The maximum Gasteiger partial charge on any atom is 0.416 e. The molecule has 0 atom stereocenters. The Kier molecular flexibility index (Phi) is 7.58. The summed E-state index contributed by atoms with van der Waals surface area (Å²) < 4.78 is 70.5. The normalized spacial score (nSPS) is 16.5. The number of rotatable bonds is 6. The first kappa shape index (κ1) is 24.2. The molecule has 0 unspecified atom stereocenters. The number of sulfonamides is 1. The van der Waals surface area contributed by atoms with Crippen LogP contribution in [0.25, 0.3) is 0 Å². The number of ether oxygens (including phenoxy) is 1. The Morgan fingerprint density at radius 1 is 0.969 bits per heavy atom. The second kappa shape index (κ2) is 10.0. The zero-order valence-electron chi connectivity index (χ0n) is 17.6. The molecule has 0 bridgehead atoms. The number of alkyl halides is 3. The van der Waals surface area contributed by atoms with Gasteiger partial charge < -0.3 is 4.74 Å². The molecule has 0 amide bonds. The molecule has 2 aromatic rings. The van der Waals surface area contributed by atoms with Crippen molar-refractivity contribution in [3.63, 3.8) is 0 Å². The lowest BCUT2D eigenvalue weighted by Crippen LogP contribution is -2.35. The summed E-state index contributed by atoms with van der Waals surface area (Å²) in [5, 5.41) is 0. The highest BCUT2D eigenvalue weighted by Crippen LogP contribution is 2.29. The Hall–Kier alpha value is -2.43. The number of esters is 1. The second-order valence-electron chi connectivity index (χ2n) is 7.47. The average molecular weight is 471 g/mol. The fourth-order valence-corrected chi connectivity index (χ4v) is 5.00. The third-order valence-corrected chi connectivity index (χ3v) is 7.15. The van der Waals surface area contributed by atoms with Gasteiger partial charge in [0.05, 0.1) is 22.6 Å². The number of carbonyl (C=O) groups is 1. The van der Waals surface area contributed by atoms with Gasteiger partial charge in [-0.15, -0.1) is 0 Å². The van der Waals surface area contributed by atoms with E-state index in [-0.39, 0.29) is 23.6 Å². The molecule has 3 rings (SSSR count). The molecule has 1 saturated heterocycles. The molecule has 1 aliphatic heterocycles. The van der Waals surface area contributed by atoms with E-state index in [1.807, 2.05) is 4.90 Å². The number of hydrogen-bond acceptors (Lipinski definition) is 5. The zero-order chi connectivity index (χ0) is 23.4. The lowest BCUT2D eigenvalue weighted by atomic mass is 10.1. The number of halogens is 3. The van der Waals surface area contributed by atoms with Crippen molar-refractivity contribution in [2.45, 2.75) is 31.0 Å². The first-order valence-electron chi connectivity index (χ1n) is 10.3. The second-order valence-corrected chi connectivity index (χ2v) is 9.41. The van der Waals surface area contributed by atoms with Gasteiger partial charge in [0.15, 0.2) is 0 Å². The molecule has 0 saturated carbocycles. The summed E-state index contributed by atoms with van der Waals surface area (Å²) in [5.41, 5.74) is 0.330. The molecule has 174 valence electrons. The Labute approximate surface area is 185 Å². The molecule has 1 heterocycles. The van der Waals surface area contributed by atoms with Crippen LogP contribution >= 0.6 is 0 Å². The van der Waals surface area contributed by atoms with Crippen LogP contribution in [0, 0.1) is 0 Å². The van der Waals surface area contributed by atoms with Gasteiger partial charge in [-0.1, -0.05) is 12.1 Å². The van der Waals surface area contributed by atoms with Crippen LogP contribution in [0.3, 0.4) is 0 Å². The summed E-state index contributed by atoms with van der Waals surface area (Å²) in [6, 6.07) is 10.7. The fourth-order valence-electron chi connectivity index (χ4n) is 3.53. The molecule has 32 heavy (non-hydrogen) atoms. The van der Waals surface area contributed by atoms with Crippen LogP contribution in [0.4, 0.5) is 13.2 Å². The van der Waals surface area contributed by atoms with Crippen LogP contribution in [-0.2, 0) is 27.5 Å². The smallest absolute Gasteiger partial charge is 0.416 e. The monoisotopic (exact) mass is 470 g/mol. The predicted molar refractivity (Wildman–Crippen MR) is 112 cm³/mol. The van der Waals surface area contributed by atoms with E-state index in [1.165, 1.54) is 40.7 Å². The zero-order valence-corrected chi connectivity index (χ0v) is 18.5. The third-order valence-electron chi connectivity index (χ3n) is 5.24. The molecule has 1 fully saturated rings. The van der Waals surface area contributed by atoms with Gasteiger partial charge in [-0.2, -0.15) is 17.5 Å². The van der Waals surface area contributed by atoms with E-state index in [0.717, 1.165) is 17.7 Å². The Morgan fingerprint density at radius 2 is 1.62 bits per heavy atom. The van der Waals surface area contributed by atoms with Crippen LogP contribution in [-0.4, -0.2) is 56.4 Å². The molecular formula is C22H25F3N2O4S. The van der Waals surface area contributed by atoms with E-state index in [0.29, 0.717) is 32.6 Å². The van der Waals surface area contributed by atoms with Crippen LogP contribution < -0.4 is 0 Å². The lowest BCUT2D eigenvalue weighted by Gasteiger charge is -2.22. The third kappa shape index (κ3) is 5.87. The molecule has 2 aromatic carbocycles. The van der Waals surface area contributed by atoms with E-state index in [1.54, 1.807) is 6.92 Å². The van der Waals surface area contributed by atoms with Crippen molar-refractivity contribution in [3.8, 4) is 0 Å². The van der Waals surface area contributed by atoms with Crippen LogP contribution in [0.1, 0.15) is 34.8 Å². The molecule has 6 nitrogen and oxygen atoms in total. The topological polar surface area (TPSA) is 66.9 Å². The van der Waals surface area contributed by atoms with Gasteiger partial charge in [0, 0.05) is 26.2 Å². The van der Waals surface area contributed by atoms with E-state index in [9.17, 15) is 26.4 Å². The standard InChI is InChI=1S/C22H25F3N2O4S/c1-2-31-21(28)18-6-10-20(11-7-18)32(29,30)27-13-3-12-26(14-15-27)16-17-4-8-19(9-5-17)22(23,24)25/h4-11H,2-3,12-16H2,1H3. The van der Waals surface area contributed by atoms with Gasteiger partial charge in [0.1, 0.15) is 0 Å². The Balaban J connectivity index is 1.63. The maximum atomic E-state index is 13.0. The number of benzene rings is 2. The van der Waals surface area contributed by atoms with Gasteiger partial charge in [-0.25, -0.2) is 13.2 Å². The van der Waals surface area contributed by atoms with Gasteiger partial charge in [0.25, 0.3) is 0 Å². The van der Waals surface area contributed by atoms with Crippen molar-refractivity contribution >= 4 is 16.0 Å². The minimum Gasteiger partial charge on any atom is -0.462 e. The van der Waals surface area contributed by atoms with Crippen molar-refractivity contribution in [1.29, 1.82) is 0 Å². The number of nitrogens with zero attached hydrogens (tertiary/aromatic N) is 2. The minimum absolute atomic E-state index is 0.0988. The molecule has 0 aromatic heterocycles. The van der Waals surface area contributed by atoms with Crippen LogP contribution in [0.15, 0.2) is 53.4 Å². The van der Waals surface area contributed by atoms with Gasteiger partial charge in [-0.05, 0) is 61.9 Å². The fraction of sp³-hybridized carbons (Fsp3) is 0.409. The summed E-state index contributed by atoms with van der Waals surface area (Å²) in [5.74, 6) is -0.509. The van der Waals surface area contributed by atoms with Crippen molar-refractivity contribution < 1.29 is 31.1 Å². The van der Waals surface area contributed by atoms with E-state index in [4.69, 9.17) is 4.74 Å². The highest BCUT2D eigenvalue weighted by molar-refractivity contribution is 7.89.